The number of hydrogen-bond donors (Lipinski definition) is 2. The van der Waals surface area contributed by atoms with Crippen LogP contribution in [-0.2, 0) is 14.8 Å². The fourth-order valence-corrected chi connectivity index (χ4v) is 2.24. The summed E-state index contributed by atoms with van der Waals surface area (Å²) in [5.41, 5.74) is 6.06. The number of ether oxygens (including phenoxy) is 2. The number of rotatable bonds is 8. The minimum absolute atomic E-state index is 0.112. The Hall–Kier alpha value is -1.31. The molecule has 0 aliphatic carbocycles. The van der Waals surface area contributed by atoms with Crippen LogP contribution >= 0.6 is 0 Å². The summed E-state index contributed by atoms with van der Waals surface area (Å²) in [4.78, 5) is 0.112. The summed E-state index contributed by atoms with van der Waals surface area (Å²) in [5, 5.41) is 0. The van der Waals surface area contributed by atoms with Gasteiger partial charge in [-0.05, 0) is 31.2 Å². The van der Waals surface area contributed by atoms with Crippen LogP contribution in [0.2, 0.25) is 0 Å². The van der Waals surface area contributed by atoms with Crippen molar-refractivity contribution in [1.82, 2.24) is 4.72 Å². The van der Waals surface area contributed by atoms with Crippen LogP contribution in [-0.4, -0.2) is 35.3 Å². The third kappa shape index (κ3) is 4.99. The van der Waals surface area contributed by atoms with Crippen LogP contribution in [0.3, 0.4) is 0 Å². The van der Waals surface area contributed by atoms with E-state index in [0.717, 1.165) is 0 Å². The van der Waals surface area contributed by atoms with E-state index in [4.69, 9.17) is 15.2 Å². The van der Waals surface area contributed by atoms with Gasteiger partial charge in [-0.15, -0.1) is 0 Å². The number of nitrogens with one attached hydrogen (secondary N) is 1. The molecule has 0 atom stereocenters. The molecular weight excluding hydrogens is 280 g/mol. The summed E-state index contributed by atoms with van der Waals surface area (Å²) in [5.74, 6) is 0.930. The quantitative estimate of drug-likeness (QED) is 0.557. The van der Waals surface area contributed by atoms with Crippen LogP contribution in [0.1, 0.15) is 13.8 Å². The summed E-state index contributed by atoms with van der Waals surface area (Å²) in [6, 6.07) is 4.37. The minimum Gasteiger partial charge on any atom is -0.489 e. The Bertz CT molecular complexity index is 529. The van der Waals surface area contributed by atoms with E-state index in [9.17, 15) is 8.42 Å². The molecule has 0 saturated carbocycles. The molecule has 114 valence electrons. The zero-order valence-corrected chi connectivity index (χ0v) is 12.9. The molecule has 0 amide bonds. The van der Waals surface area contributed by atoms with Gasteiger partial charge in [-0.3, -0.25) is 0 Å². The first-order chi connectivity index (χ1) is 9.36. The first kappa shape index (κ1) is 16.7. The number of hydrogen-bond acceptors (Lipinski definition) is 5. The van der Waals surface area contributed by atoms with Gasteiger partial charge in [0, 0.05) is 6.61 Å². The van der Waals surface area contributed by atoms with Crippen molar-refractivity contribution in [3.8, 4) is 5.75 Å². The largest absolute Gasteiger partial charge is 0.489 e. The lowest BCUT2D eigenvalue weighted by molar-refractivity contribution is 0.0821. The smallest absolute Gasteiger partial charge is 0.240 e. The number of benzene rings is 1. The van der Waals surface area contributed by atoms with E-state index in [2.05, 4.69) is 18.6 Å². The highest BCUT2D eigenvalue weighted by Crippen LogP contribution is 2.24. The highest BCUT2D eigenvalue weighted by atomic mass is 32.2. The lowest BCUT2D eigenvalue weighted by Gasteiger charge is -2.11. The number of nitrogens with two attached hydrogens (primary N) is 1. The van der Waals surface area contributed by atoms with Crippen molar-refractivity contribution in [1.29, 1.82) is 0 Å². The van der Waals surface area contributed by atoms with Crippen molar-refractivity contribution in [2.24, 2.45) is 5.92 Å². The lowest BCUT2D eigenvalue weighted by atomic mass is 10.2. The molecule has 7 heteroatoms. The first-order valence-electron chi connectivity index (χ1n) is 6.40. The third-order valence-electron chi connectivity index (χ3n) is 2.50. The van der Waals surface area contributed by atoms with E-state index in [1.807, 2.05) is 0 Å². The van der Waals surface area contributed by atoms with Gasteiger partial charge >= 0.3 is 0 Å². The van der Waals surface area contributed by atoms with Crippen molar-refractivity contribution in [2.75, 3.05) is 32.6 Å². The second-order valence-electron chi connectivity index (χ2n) is 4.72. The molecule has 6 nitrogen and oxygen atoms in total. The predicted octanol–water partition coefficient (Wildman–Crippen LogP) is 1.23. The average molecular weight is 302 g/mol. The van der Waals surface area contributed by atoms with Crippen LogP contribution in [0, 0.1) is 5.92 Å². The van der Waals surface area contributed by atoms with E-state index < -0.39 is 10.0 Å². The summed E-state index contributed by atoms with van der Waals surface area (Å²) in [6.45, 7) is 5.65. The Labute approximate surface area is 120 Å². The third-order valence-corrected chi connectivity index (χ3v) is 3.91. The number of sulfonamides is 1. The van der Waals surface area contributed by atoms with Gasteiger partial charge in [-0.2, -0.15) is 0 Å². The standard InChI is InChI=1S/C13H22N2O4S/c1-10(2)9-18-6-7-19-13-5-4-11(8-12(13)14)20(16,17)15-3/h4-5,8,10,15H,6-7,9,14H2,1-3H3. The summed E-state index contributed by atoms with van der Waals surface area (Å²) >= 11 is 0. The topological polar surface area (TPSA) is 90.7 Å². The first-order valence-corrected chi connectivity index (χ1v) is 7.88. The van der Waals surface area contributed by atoms with Gasteiger partial charge in [0.15, 0.2) is 0 Å². The molecule has 0 bridgehead atoms. The Balaban J connectivity index is 2.57. The molecule has 0 radical (unpaired) electrons. The zero-order valence-electron chi connectivity index (χ0n) is 12.0. The van der Waals surface area contributed by atoms with Gasteiger partial charge in [0.2, 0.25) is 10.0 Å². The highest BCUT2D eigenvalue weighted by molar-refractivity contribution is 7.89. The average Bonchev–Trinajstić information content (AvgIpc) is 2.39. The van der Waals surface area contributed by atoms with E-state index >= 15 is 0 Å². The SMILES string of the molecule is CNS(=O)(=O)c1ccc(OCCOCC(C)C)c(N)c1. The normalized spacial score (nSPS) is 11.8. The summed E-state index contributed by atoms with van der Waals surface area (Å²) < 4.78 is 36.3. The minimum atomic E-state index is -3.49. The maximum atomic E-state index is 11.6. The van der Waals surface area contributed by atoms with Gasteiger partial charge in [0.05, 0.1) is 17.2 Å². The van der Waals surface area contributed by atoms with Gasteiger partial charge in [-0.25, -0.2) is 13.1 Å². The lowest BCUT2D eigenvalue weighted by Crippen LogP contribution is -2.18. The monoisotopic (exact) mass is 302 g/mol. The van der Waals surface area contributed by atoms with E-state index in [-0.39, 0.29) is 10.6 Å². The van der Waals surface area contributed by atoms with Crippen molar-refractivity contribution in [2.45, 2.75) is 18.7 Å². The second kappa shape index (κ2) is 7.47. The molecule has 1 aromatic rings. The molecule has 0 fully saturated rings. The van der Waals surface area contributed by atoms with Crippen molar-refractivity contribution < 1.29 is 17.9 Å². The molecule has 0 saturated heterocycles. The van der Waals surface area contributed by atoms with Gasteiger partial charge in [0.25, 0.3) is 0 Å². The molecule has 20 heavy (non-hydrogen) atoms. The van der Waals surface area contributed by atoms with Crippen LogP contribution < -0.4 is 15.2 Å². The molecule has 0 aromatic heterocycles. The highest BCUT2D eigenvalue weighted by Gasteiger charge is 2.13. The number of nitrogen functional groups attached to an aromatic ring is 1. The van der Waals surface area contributed by atoms with Crippen LogP contribution in [0.25, 0.3) is 0 Å². The van der Waals surface area contributed by atoms with Crippen LogP contribution in [0.15, 0.2) is 23.1 Å². The molecule has 1 aromatic carbocycles. The molecule has 0 aliphatic rings. The van der Waals surface area contributed by atoms with Crippen LogP contribution in [0.4, 0.5) is 5.69 Å². The Morgan fingerprint density at radius 3 is 2.55 bits per heavy atom. The van der Waals surface area contributed by atoms with Gasteiger partial charge in [0.1, 0.15) is 12.4 Å². The molecule has 0 spiro atoms. The number of anilines is 1. The summed E-state index contributed by atoms with van der Waals surface area (Å²) in [6.07, 6.45) is 0. The van der Waals surface area contributed by atoms with E-state index in [1.165, 1.54) is 19.2 Å². The molecule has 1 rings (SSSR count). The Kier molecular flexibility index (Phi) is 6.25. The van der Waals surface area contributed by atoms with Crippen LogP contribution in [0.5, 0.6) is 5.75 Å². The van der Waals surface area contributed by atoms with Gasteiger partial charge < -0.3 is 15.2 Å². The fraction of sp³-hybridized carbons (Fsp3) is 0.538. The van der Waals surface area contributed by atoms with E-state index in [1.54, 1.807) is 6.07 Å². The maximum Gasteiger partial charge on any atom is 0.240 e. The van der Waals surface area contributed by atoms with Crippen molar-refractivity contribution in [3.63, 3.8) is 0 Å². The van der Waals surface area contributed by atoms with Crippen molar-refractivity contribution >= 4 is 15.7 Å². The van der Waals surface area contributed by atoms with Crippen molar-refractivity contribution in [3.05, 3.63) is 18.2 Å². The molecule has 0 heterocycles. The Morgan fingerprint density at radius 1 is 1.30 bits per heavy atom. The summed E-state index contributed by atoms with van der Waals surface area (Å²) in [7, 11) is -2.14. The predicted molar refractivity (Wildman–Crippen MR) is 78.3 cm³/mol. The fourth-order valence-electron chi connectivity index (χ4n) is 1.47. The van der Waals surface area contributed by atoms with Gasteiger partial charge in [-0.1, -0.05) is 13.8 Å². The molecule has 3 N–H and O–H groups in total. The molecular formula is C13H22N2O4S. The molecule has 0 aliphatic heterocycles. The maximum absolute atomic E-state index is 11.6. The second-order valence-corrected chi connectivity index (χ2v) is 6.61. The van der Waals surface area contributed by atoms with E-state index in [0.29, 0.717) is 31.5 Å². The zero-order chi connectivity index (χ0) is 15.2. The Morgan fingerprint density at radius 2 is 2.00 bits per heavy atom. The molecule has 0 unspecified atom stereocenters.